The summed E-state index contributed by atoms with van der Waals surface area (Å²) in [6.07, 6.45) is 4.05. The zero-order valence-corrected chi connectivity index (χ0v) is 11.5. The van der Waals surface area contributed by atoms with Gasteiger partial charge in [-0.05, 0) is 12.8 Å². The van der Waals surface area contributed by atoms with Gasteiger partial charge in [0.2, 0.25) is 0 Å². The summed E-state index contributed by atoms with van der Waals surface area (Å²) in [6, 6.07) is 10.00. The highest BCUT2D eigenvalue weighted by atomic mass is 16.4. The van der Waals surface area contributed by atoms with Crippen molar-refractivity contribution in [2.45, 2.75) is 25.3 Å². The summed E-state index contributed by atoms with van der Waals surface area (Å²) in [6.45, 7) is 0.630. The molecule has 0 aliphatic heterocycles. The summed E-state index contributed by atoms with van der Waals surface area (Å²) in [5.74, 6) is -0.186. The van der Waals surface area contributed by atoms with Crippen molar-refractivity contribution in [3.63, 3.8) is 0 Å². The minimum atomic E-state index is -0.972. The Labute approximate surface area is 122 Å². The van der Waals surface area contributed by atoms with E-state index in [0.29, 0.717) is 24.4 Å². The van der Waals surface area contributed by atoms with Crippen LogP contribution in [0.4, 0.5) is 5.82 Å². The molecule has 3 rings (SSSR count). The van der Waals surface area contributed by atoms with Crippen LogP contribution in [0.25, 0.3) is 10.8 Å². The fraction of sp³-hybridized carbons (Fsp3) is 0.312. The maximum absolute atomic E-state index is 11.3. The van der Waals surface area contributed by atoms with Crippen LogP contribution in [0, 0.1) is 11.3 Å². The second-order valence-corrected chi connectivity index (χ2v) is 5.18. The zero-order valence-electron chi connectivity index (χ0n) is 11.5. The molecule has 0 amide bonds. The average Bonchev–Trinajstić information content (AvgIpc) is 3.32. The number of carbonyl (C=O) groups is 1. The van der Waals surface area contributed by atoms with Crippen LogP contribution >= 0.6 is 0 Å². The van der Waals surface area contributed by atoms with Crippen LogP contribution < -0.4 is 4.90 Å². The van der Waals surface area contributed by atoms with E-state index in [4.69, 9.17) is 5.26 Å². The molecule has 0 unspecified atom stereocenters. The Bertz CT molecular complexity index is 732. The summed E-state index contributed by atoms with van der Waals surface area (Å²) < 4.78 is 0. The van der Waals surface area contributed by atoms with Gasteiger partial charge in [0.25, 0.3) is 0 Å². The van der Waals surface area contributed by atoms with Gasteiger partial charge in [0.05, 0.1) is 18.1 Å². The summed E-state index contributed by atoms with van der Waals surface area (Å²) in [5, 5.41) is 19.6. The first-order valence-electron chi connectivity index (χ1n) is 6.97. The third kappa shape index (κ3) is 2.52. The number of hydrogen-bond acceptors (Lipinski definition) is 4. The van der Waals surface area contributed by atoms with Gasteiger partial charge in [0, 0.05) is 29.6 Å². The van der Waals surface area contributed by atoms with Crippen LogP contribution in [-0.4, -0.2) is 28.6 Å². The number of nitrogens with zero attached hydrogens (tertiary/aromatic N) is 3. The lowest BCUT2D eigenvalue weighted by molar-refractivity contribution is 0.0698. The van der Waals surface area contributed by atoms with E-state index in [2.05, 4.69) is 16.0 Å². The summed E-state index contributed by atoms with van der Waals surface area (Å²) in [5.41, 5.74) is 0.213. The van der Waals surface area contributed by atoms with Crippen molar-refractivity contribution < 1.29 is 9.90 Å². The van der Waals surface area contributed by atoms with Crippen LogP contribution in [0.3, 0.4) is 0 Å². The summed E-state index contributed by atoms with van der Waals surface area (Å²) >= 11 is 0. The number of nitriles is 1. The van der Waals surface area contributed by atoms with Crippen LogP contribution in [0.5, 0.6) is 0 Å². The molecule has 1 aliphatic carbocycles. The third-order valence-corrected chi connectivity index (χ3v) is 3.73. The molecule has 5 nitrogen and oxygen atoms in total. The lowest BCUT2D eigenvalue weighted by atomic mass is 10.1. The molecule has 1 aliphatic rings. The van der Waals surface area contributed by atoms with E-state index in [-0.39, 0.29) is 5.56 Å². The first kappa shape index (κ1) is 13.4. The van der Waals surface area contributed by atoms with E-state index in [0.717, 1.165) is 24.0 Å². The summed E-state index contributed by atoms with van der Waals surface area (Å²) in [7, 11) is 0. The Kier molecular flexibility index (Phi) is 3.44. The minimum absolute atomic E-state index is 0.213. The molecular formula is C16H15N3O2. The van der Waals surface area contributed by atoms with Gasteiger partial charge in [-0.1, -0.05) is 24.3 Å². The minimum Gasteiger partial charge on any atom is -0.478 e. The highest BCUT2D eigenvalue weighted by Crippen LogP contribution is 2.35. The molecule has 0 atom stereocenters. The molecule has 1 aromatic heterocycles. The van der Waals surface area contributed by atoms with Gasteiger partial charge in [0.15, 0.2) is 0 Å². The average molecular weight is 281 g/mol. The second kappa shape index (κ2) is 5.41. The van der Waals surface area contributed by atoms with Crippen molar-refractivity contribution in [1.29, 1.82) is 5.26 Å². The molecule has 5 heteroatoms. The molecule has 0 saturated heterocycles. The number of fused-ring (bicyclic) bond motifs is 1. The number of carboxylic acids is 1. The third-order valence-electron chi connectivity index (χ3n) is 3.73. The van der Waals surface area contributed by atoms with E-state index in [9.17, 15) is 9.90 Å². The Morgan fingerprint density at radius 3 is 2.71 bits per heavy atom. The second-order valence-electron chi connectivity index (χ2n) is 5.18. The van der Waals surface area contributed by atoms with E-state index >= 15 is 0 Å². The number of anilines is 1. The molecule has 0 radical (unpaired) electrons. The standard InChI is InChI=1S/C16H15N3O2/c17-8-3-9-19(11-6-7-11)15-13-5-2-1-4-12(13)14(10-18-15)16(20)21/h1-2,4-5,10-11H,3,6-7,9H2,(H,20,21). The molecule has 0 spiro atoms. The van der Waals surface area contributed by atoms with Gasteiger partial charge in [-0.25, -0.2) is 9.78 Å². The number of carboxylic acid groups (broad SMARTS) is 1. The van der Waals surface area contributed by atoms with Crippen LogP contribution in [0.2, 0.25) is 0 Å². The van der Waals surface area contributed by atoms with Crippen LogP contribution in [0.1, 0.15) is 29.6 Å². The van der Waals surface area contributed by atoms with E-state index < -0.39 is 5.97 Å². The maximum atomic E-state index is 11.3. The van der Waals surface area contributed by atoms with Gasteiger partial charge < -0.3 is 10.0 Å². The van der Waals surface area contributed by atoms with Crippen LogP contribution in [0.15, 0.2) is 30.5 Å². The molecule has 1 fully saturated rings. The first-order chi connectivity index (χ1) is 10.2. The lowest BCUT2D eigenvalue weighted by Gasteiger charge is -2.24. The van der Waals surface area contributed by atoms with Gasteiger partial charge in [0.1, 0.15) is 5.82 Å². The largest absolute Gasteiger partial charge is 0.478 e. The quantitative estimate of drug-likeness (QED) is 0.911. The fourth-order valence-electron chi connectivity index (χ4n) is 2.60. The Hall–Kier alpha value is -2.61. The number of aromatic nitrogens is 1. The predicted octanol–water partition coefficient (Wildman–Crippen LogP) is 2.82. The van der Waals surface area contributed by atoms with Gasteiger partial charge in [-0.2, -0.15) is 5.26 Å². The van der Waals surface area contributed by atoms with Crippen molar-refractivity contribution in [2.24, 2.45) is 0 Å². The first-order valence-corrected chi connectivity index (χ1v) is 6.97. The number of hydrogen-bond donors (Lipinski definition) is 1. The van der Waals surface area contributed by atoms with Crippen molar-refractivity contribution >= 4 is 22.6 Å². The Morgan fingerprint density at radius 2 is 2.10 bits per heavy atom. The topological polar surface area (TPSA) is 77.2 Å². The van der Waals surface area contributed by atoms with Crippen molar-refractivity contribution in [3.8, 4) is 6.07 Å². The predicted molar refractivity (Wildman–Crippen MR) is 79.3 cm³/mol. The van der Waals surface area contributed by atoms with E-state index in [1.54, 1.807) is 6.07 Å². The fourth-order valence-corrected chi connectivity index (χ4v) is 2.60. The molecular weight excluding hydrogens is 266 g/mol. The summed E-state index contributed by atoms with van der Waals surface area (Å²) in [4.78, 5) is 17.8. The normalized spacial score (nSPS) is 13.9. The van der Waals surface area contributed by atoms with E-state index in [1.807, 2.05) is 18.2 Å². The number of pyridine rings is 1. The molecule has 1 saturated carbocycles. The zero-order chi connectivity index (χ0) is 14.8. The molecule has 106 valence electrons. The monoisotopic (exact) mass is 281 g/mol. The number of aromatic carboxylic acids is 1. The van der Waals surface area contributed by atoms with Crippen molar-refractivity contribution in [3.05, 3.63) is 36.0 Å². The molecule has 1 heterocycles. The van der Waals surface area contributed by atoms with Crippen molar-refractivity contribution in [2.75, 3.05) is 11.4 Å². The van der Waals surface area contributed by atoms with E-state index in [1.165, 1.54) is 6.20 Å². The molecule has 0 bridgehead atoms. The van der Waals surface area contributed by atoms with Gasteiger partial charge in [-0.15, -0.1) is 0 Å². The van der Waals surface area contributed by atoms with Gasteiger partial charge in [-0.3, -0.25) is 0 Å². The molecule has 1 N–H and O–H groups in total. The number of benzene rings is 1. The highest BCUT2D eigenvalue weighted by molar-refractivity contribution is 6.06. The van der Waals surface area contributed by atoms with Crippen molar-refractivity contribution in [1.82, 2.24) is 4.98 Å². The lowest BCUT2D eigenvalue weighted by Crippen LogP contribution is -2.28. The molecule has 2 aromatic rings. The molecule has 21 heavy (non-hydrogen) atoms. The SMILES string of the molecule is N#CCCN(c1ncc(C(=O)O)c2ccccc12)C1CC1. The van der Waals surface area contributed by atoms with Crippen LogP contribution in [-0.2, 0) is 0 Å². The Balaban J connectivity index is 2.12. The number of rotatable bonds is 5. The maximum Gasteiger partial charge on any atom is 0.337 e. The smallest absolute Gasteiger partial charge is 0.337 e. The van der Waals surface area contributed by atoms with Gasteiger partial charge >= 0.3 is 5.97 Å². The Morgan fingerprint density at radius 1 is 1.38 bits per heavy atom. The highest BCUT2D eigenvalue weighted by Gasteiger charge is 2.31. The molecule has 1 aromatic carbocycles.